The van der Waals surface area contributed by atoms with E-state index in [2.05, 4.69) is 15.6 Å². The molecule has 0 radical (unpaired) electrons. The molecule has 1 aromatic carbocycles. The molecule has 3 rings (SSSR count). The van der Waals surface area contributed by atoms with E-state index in [0.29, 0.717) is 42.4 Å². The summed E-state index contributed by atoms with van der Waals surface area (Å²) in [5.41, 5.74) is 6.31. The molecule has 8 nitrogen and oxygen atoms in total. The first-order valence-electron chi connectivity index (χ1n) is 8.76. The fourth-order valence-corrected chi connectivity index (χ4v) is 3.62. The van der Waals surface area contributed by atoms with Crippen molar-refractivity contribution < 1.29 is 18.8 Å². The minimum atomic E-state index is -0.507. The number of nitrogens with two attached hydrogens (primary N) is 1. The number of thiazole rings is 1. The predicted octanol–water partition coefficient (Wildman–Crippen LogP) is 2.19. The van der Waals surface area contributed by atoms with E-state index < -0.39 is 6.03 Å². The molecule has 0 saturated carbocycles. The van der Waals surface area contributed by atoms with Crippen LogP contribution in [0.3, 0.4) is 0 Å². The SMILES string of the molecule is NC(=O)C1CCN(C(=O)Cc2csc(NC(=O)Nc3ccc(F)cc3)n2)CC1. The van der Waals surface area contributed by atoms with Crippen molar-refractivity contribution in [2.24, 2.45) is 11.7 Å². The third-order valence-corrected chi connectivity index (χ3v) is 5.26. The highest BCUT2D eigenvalue weighted by Gasteiger charge is 2.26. The van der Waals surface area contributed by atoms with Crippen LogP contribution in [0.5, 0.6) is 0 Å². The molecule has 0 bridgehead atoms. The molecule has 1 fully saturated rings. The normalized spacial score (nSPS) is 14.5. The summed E-state index contributed by atoms with van der Waals surface area (Å²) < 4.78 is 12.9. The first-order chi connectivity index (χ1) is 13.4. The highest BCUT2D eigenvalue weighted by molar-refractivity contribution is 7.14. The topological polar surface area (TPSA) is 117 Å². The van der Waals surface area contributed by atoms with Crippen molar-refractivity contribution in [3.63, 3.8) is 0 Å². The Labute approximate surface area is 164 Å². The Morgan fingerprint density at radius 3 is 2.50 bits per heavy atom. The highest BCUT2D eigenvalue weighted by Crippen LogP contribution is 2.20. The number of halogens is 1. The quantitative estimate of drug-likeness (QED) is 0.707. The van der Waals surface area contributed by atoms with Crippen LogP contribution in [0.25, 0.3) is 0 Å². The lowest BCUT2D eigenvalue weighted by molar-refractivity contribution is -0.134. The molecule has 0 unspecified atom stereocenters. The van der Waals surface area contributed by atoms with Crippen molar-refractivity contribution in [3.8, 4) is 0 Å². The van der Waals surface area contributed by atoms with Crippen LogP contribution in [-0.4, -0.2) is 40.8 Å². The molecule has 0 atom stereocenters. The number of hydrogen-bond acceptors (Lipinski definition) is 5. The van der Waals surface area contributed by atoms with E-state index in [0.717, 1.165) is 0 Å². The summed E-state index contributed by atoms with van der Waals surface area (Å²) in [4.78, 5) is 41.5. The average molecular weight is 405 g/mol. The Morgan fingerprint density at radius 2 is 1.86 bits per heavy atom. The Morgan fingerprint density at radius 1 is 1.18 bits per heavy atom. The summed E-state index contributed by atoms with van der Waals surface area (Å²) in [6.45, 7) is 1.00. The summed E-state index contributed by atoms with van der Waals surface area (Å²) in [6.07, 6.45) is 1.28. The van der Waals surface area contributed by atoms with Gasteiger partial charge in [0, 0.05) is 30.1 Å². The number of piperidine rings is 1. The lowest BCUT2D eigenvalue weighted by atomic mass is 9.96. The summed E-state index contributed by atoms with van der Waals surface area (Å²) in [5.74, 6) is -0.949. The van der Waals surface area contributed by atoms with E-state index in [-0.39, 0.29) is 30.0 Å². The zero-order valence-electron chi connectivity index (χ0n) is 15.0. The van der Waals surface area contributed by atoms with Gasteiger partial charge in [0.25, 0.3) is 0 Å². The minimum absolute atomic E-state index is 0.0736. The smallest absolute Gasteiger partial charge is 0.325 e. The number of nitrogens with one attached hydrogen (secondary N) is 2. The fourth-order valence-electron chi connectivity index (χ4n) is 2.92. The van der Waals surface area contributed by atoms with Gasteiger partial charge in [0.2, 0.25) is 11.8 Å². The molecule has 2 aromatic rings. The standard InChI is InChI=1S/C18H20FN5O3S/c19-12-1-3-13(4-2-12)21-17(27)23-18-22-14(10-28-18)9-15(25)24-7-5-11(6-8-24)16(20)26/h1-4,10-11H,5-9H2,(H2,20,26)(H2,21,22,23,27). The van der Waals surface area contributed by atoms with Crippen molar-refractivity contribution >= 4 is 40.0 Å². The molecule has 0 aliphatic carbocycles. The highest BCUT2D eigenvalue weighted by atomic mass is 32.1. The molecule has 1 aliphatic heterocycles. The van der Waals surface area contributed by atoms with Gasteiger partial charge in [-0.1, -0.05) is 0 Å². The Kier molecular flexibility index (Phi) is 6.19. The second kappa shape index (κ2) is 8.79. The van der Waals surface area contributed by atoms with Crippen LogP contribution in [0, 0.1) is 11.7 Å². The first-order valence-corrected chi connectivity index (χ1v) is 9.64. The number of primary amides is 1. The maximum atomic E-state index is 12.9. The van der Waals surface area contributed by atoms with E-state index in [4.69, 9.17) is 5.73 Å². The zero-order chi connectivity index (χ0) is 20.1. The van der Waals surface area contributed by atoms with Crippen molar-refractivity contribution in [3.05, 3.63) is 41.2 Å². The molecule has 4 N–H and O–H groups in total. The van der Waals surface area contributed by atoms with Gasteiger partial charge in [0.15, 0.2) is 5.13 Å². The fraction of sp³-hybridized carbons (Fsp3) is 0.333. The van der Waals surface area contributed by atoms with Crippen LogP contribution in [0.1, 0.15) is 18.5 Å². The minimum Gasteiger partial charge on any atom is -0.369 e. The van der Waals surface area contributed by atoms with E-state index in [1.54, 1.807) is 10.3 Å². The predicted molar refractivity (Wildman–Crippen MR) is 103 cm³/mol. The summed E-state index contributed by atoms with van der Waals surface area (Å²) in [6, 6.07) is 4.88. The van der Waals surface area contributed by atoms with Gasteiger partial charge in [-0.15, -0.1) is 11.3 Å². The molecule has 2 heterocycles. The van der Waals surface area contributed by atoms with E-state index in [1.165, 1.54) is 35.6 Å². The number of aromatic nitrogens is 1. The Bertz CT molecular complexity index is 862. The van der Waals surface area contributed by atoms with E-state index in [1.807, 2.05) is 0 Å². The van der Waals surface area contributed by atoms with Crippen LogP contribution in [0.4, 0.5) is 20.0 Å². The van der Waals surface area contributed by atoms with Crippen molar-refractivity contribution in [2.75, 3.05) is 23.7 Å². The summed E-state index contributed by atoms with van der Waals surface area (Å²) in [7, 11) is 0. The Hall–Kier alpha value is -3.01. The van der Waals surface area contributed by atoms with E-state index in [9.17, 15) is 18.8 Å². The number of anilines is 2. The molecule has 148 valence electrons. The van der Waals surface area contributed by atoms with Gasteiger partial charge in [-0.05, 0) is 37.1 Å². The maximum absolute atomic E-state index is 12.9. The third-order valence-electron chi connectivity index (χ3n) is 4.46. The summed E-state index contributed by atoms with van der Waals surface area (Å²) >= 11 is 1.21. The molecule has 1 aliphatic rings. The lowest BCUT2D eigenvalue weighted by Gasteiger charge is -2.30. The molecule has 4 amide bonds. The molecule has 1 saturated heterocycles. The maximum Gasteiger partial charge on any atom is 0.325 e. The third kappa shape index (κ3) is 5.26. The number of nitrogens with zero attached hydrogens (tertiary/aromatic N) is 2. The molecule has 0 spiro atoms. The van der Waals surface area contributed by atoms with Gasteiger partial charge in [0.1, 0.15) is 5.82 Å². The number of rotatable bonds is 5. The number of likely N-dealkylation sites (tertiary alicyclic amines) is 1. The van der Waals surface area contributed by atoms with Gasteiger partial charge in [-0.25, -0.2) is 14.2 Å². The number of hydrogen-bond donors (Lipinski definition) is 3. The van der Waals surface area contributed by atoms with Gasteiger partial charge >= 0.3 is 6.03 Å². The number of carbonyl (C=O) groups excluding carboxylic acids is 3. The van der Waals surface area contributed by atoms with Crippen LogP contribution >= 0.6 is 11.3 Å². The molecule has 28 heavy (non-hydrogen) atoms. The number of urea groups is 1. The van der Waals surface area contributed by atoms with Crippen LogP contribution < -0.4 is 16.4 Å². The Balaban J connectivity index is 1.48. The molecular weight excluding hydrogens is 385 g/mol. The number of benzene rings is 1. The largest absolute Gasteiger partial charge is 0.369 e. The molecule has 1 aromatic heterocycles. The van der Waals surface area contributed by atoms with Gasteiger partial charge in [-0.3, -0.25) is 14.9 Å². The van der Waals surface area contributed by atoms with E-state index >= 15 is 0 Å². The second-order valence-electron chi connectivity index (χ2n) is 6.46. The van der Waals surface area contributed by atoms with Crippen molar-refractivity contribution in [2.45, 2.75) is 19.3 Å². The second-order valence-corrected chi connectivity index (χ2v) is 7.32. The first kappa shape index (κ1) is 19.7. The van der Waals surface area contributed by atoms with Crippen molar-refractivity contribution in [1.29, 1.82) is 0 Å². The monoisotopic (exact) mass is 405 g/mol. The van der Waals surface area contributed by atoms with Gasteiger partial charge in [0.05, 0.1) is 12.1 Å². The zero-order valence-corrected chi connectivity index (χ0v) is 15.8. The molecule has 10 heteroatoms. The van der Waals surface area contributed by atoms with Gasteiger partial charge in [-0.2, -0.15) is 0 Å². The average Bonchev–Trinajstić information content (AvgIpc) is 3.10. The lowest BCUT2D eigenvalue weighted by Crippen LogP contribution is -2.42. The van der Waals surface area contributed by atoms with Crippen LogP contribution in [0.2, 0.25) is 0 Å². The number of carbonyl (C=O) groups is 3. The van der Waals surface area contributed by atoms with Gasteiger partial charge < -0.3 is 16.0 Å². The van der Waals surface area contributed by atoms with Crippen LogP contribution in [-0.2, 0) is 16.0 Å². The number of amides is 4. The summed E-state index contributed by atoms with van der Waals surface area (Å²) in [5, 5.41) is 7.22. The van der Waals surface area contributed by atoms with Crippen molar-refractivity contribution in [1.82, 2.24) is 9.88 Å². The molecular formula is C18H20FN5O3S. The van der Waals surface area contributed by atoms with Crippen LogP contribution in [0.15, 0.2) is 29.6 Å².